The van der Waals surface area contributed by atoms with Crippen LogP contribution < -0.4 is 10.2 Å². The molecule has 0 radical (unpaired) electrons. The Balaban J connectivity index is 1.37. The molecular weight excluding hydrogens is 529 g/mol. The number of carbonyl (C=O) groups is 1. The number of hydrogen-bond donors (Lipinski definition) is 2. The van der Waals surface area contributed by atoms with Crippen LogP contribution in [0.4, 0.5) is 13.2 Å². The summed E-state index contributed by atoms with van der Waals surface area (Å²) in [7, 11) is -4.08. The minimum Gasteiger partial charge on any atom is -0.490 e. The molecule has 208 valence electrons. The average Bonchev–Trinajstić information content (AvgIpc) is 2.92. The first-order valence-corrected chi connectivity index (χ1v) is 13.7. The third kappa shape index (κ3) is 6.83. The maximum absolute atomic E-state index is 13.4. The van der Waals surface area contributed by atoms with Crippen molar-refractivity contribution < 1.29 is 45.8 Å². The van der Waals surface area contributed by atoms with Gasteiger partial charge in [0.1, 0.15) is 11.9 Å². The zero-order valence-corrected chi connectivity index (χ0v) is 21.2. The standard InChI is InChI=1S/C25H29F3N2O7S/c26-25(27,28)17-8-10-18(11-9-17)36-19-12-14-30(15-13-19)38(33,34)21-6-2-1-5-20(21)23(31)24(32)29-37-22-7-3-4-16-35-22/h1-2,5-6,8-11,19,22-23,31H,3-4,7,12-16H2,(H,29,32). The number of halogens is 3. The van der Waals surface area contributed by atoms with Crippen LogP contribution in [0.5, 0.6) is 5.75 Å². The Morgan fingerprint density at radius 2 is 1.74 bits per heavy atom. The largest absolute Gasteiger partial charge is 0.490 e. The van der Waals surface area contributed by atoms with Gasteiger partial charge in [-0.25, -0.2) is 18.7 Å². The van der Waals surface area contributed by atoms with Crippen molar-refractivity contribution >= 4 is 15.9 Å². The van der Waals surface area contributed by atoms with Crippen molar-refractivity contribution in [1.29, 1.82) is 0 Å². The molecule has 2 aromatic rings. The Morgan fingerprint density at radius 1 is 1.05 bits per heavy atom. The number of nitrogens with zero attached hydrogens (tertiary/aromatic N) is 1. The van der Waals surface area contributed by atoms with E-state index in [9.17, 15) is 31.5 Å². The van der Waals surface area contributed by atoms with E-state index in [2.05, 4.69) is 5.48 Å². The highest BCUT2D eigenvalue weighted by Gasteiger charge is 2.35. The number of sulfonamides is 1. The summed E-state index contributed by atoms with van der Waals surface area (Å²) in [6, 6.07) is 10.0. The summed E-state index contributed by atoms with van der Waals surface area (Å²) in [6.45, 7) is 0.676. The Hall–Kier alpha value is -2.71. The second-order valence-electron chi connectivity index (χ2n) is 9.06. The van der Waals surface area contributed by atoms with E-state index in [1.165, 1.54) is 40.7 Å². The zero-order valence-electron chi connectivity index (χ0n) is 20.4. The molecule has 0 aromatic heterocycles. The van der Waals surface area contributed by atoms with Gasteiger partial charge in [-0.2, -0.15) is 17.5 Å². The summed E-state index contributed by atoms with van der Waals surface area (Å²) in [5, 5.41) is 10.6. The number of amides is 1. The van der Waals surface area contributed by atoms with E-state index in [0.717, 1.165) is 25.0 Å². The van der Waals surface area contributed by atoms with E-state index in [0.29, 0.717) is 25.9 Å². The van der Waals surface area contributed by atoms with E-state index < -0.39 is 40.1 Å². The molecule has 2 aliphatic rings. The van der Waals surface area contributed by atoms with Gasteiger partial charge in [0.15, 0.2) is 12.4 Å². The lowest BCUT2D eigenvalue weighted by atomic mass is 10.1. The van der Waals surface area contributed by atoms with Crippen LogP contribution in [0.1, 0.15) is 49.3 Å². The summed E-state index contributed by atoms with van der Waals surface area (Å²) in [5.41, 5.74) is 1.27. The van der Waals surface area contributed by atoms with Crippen LogP contribution in [-0.4, -0.2) is 55.8 Å². The molecule has 2 aliphatic heterocycles. The van der Waals surface area contributed by atoms with Crippen molar-refractivity contribution in [1.82, 2.24) is 9.79 Å². The van der Waals surface area contributed by atoms with Crippen LogP contribution in [-0.2, 0) is 30.6 Å². The molecular formula is C25H29F3N2O7S. The van der Waals surface area contributed by atoms with Gasteiger partial charge in [0.05, 0.1) is 10.5 Å². The molecule has 13 heteroatoms. The van der Waals surface area contributed by atoms with E-state index in [-0.39, 0.29) is 35.4 Å². The van der Waals surface area contributed by atoms with Crippen LogP contribution in [0.3, 0.4) is 0 Å². The number of hydrogen-bond acceptors (Lipinski definition) is 7. The Bertz CT molecular complexity index is 1190. The van der Waals surface area contributed by atoms with Crippen molar-refractivity contribution in [2.75, 3.05) is 19.7 Å². The quantitative estimate of drug-likeness (QED) is 0.477. The molecule has 4 rings (SSSR count). The fourth-order valence-electron chi connectivity index (χ4n) is 4.31. The molecule has 2 unspecified atom stereocenters. The summed E-state index contributed by atoms with van der Waals surface area (Å²) in [4.78, 5) is 17.5. The zero-order chi connectivity index (χ0) is 27.3. The van der Waals surface area contributed by atoms with Gasteiger partial charge < -0.3 is 14.6 Å². The van der Waals surface area contributed by atoms with Crippen LogP contribution in [0.15, 0.2) is 53.4 Å². The van der Waals surface area contributed by atoms with Gasteiger partial charge in [-0.3, -0.25) is 4.79 Å². The number of aliphatic hydroxyl groups excluding tert-OH is 1. The monoisotopic (exact) mass is 558 g/mol. The SMILES string of the molecule is O=C(NOC1CCCCO1)C(O)c1ccccc1S(=O)(=O)N1CCC(Oc2ccc(C(F)(F)F)cc2)CC1. The summed E-state index contributed by atoms with van der Waals surface area (Å²) in [6.07, 6.45) is -4.31. The third-order valence-electron chi connectivity index (χ3n) is 6.39. The van der Waals surface area contributed by atoms with Gasteiger partial charge in [-0.15, -0.1) is 0 Å². The number of ether oxygens (including phenoxy) is 2. The molecule has 2 aromatic carbocycles. The second-order valence-corrected chi connectivity index (χ2v) is 11.0. The lowest BCUT2D eigenvalue weighted by Gasteiger charge is -2.32. The first-order chi connectivity index (χ1) is 18.1. The number of benzene rings is 2. The molecule has 1 amide bonds. The Morgan fingerprint density at radius 3 is 2.37 bits per heavy atom. The van der Waals surface area contributed by atoms with E-state index >= 15 is 0 Å². The fourth-order valence-corrected chi connectivity index (χ4v) is 6.01. The highest BCUT2D eigenvalue weighted by atomic mass is 32.2. The van der Waals surface area contributed by atoms with Crippen molar-refractivity contribution in [3.63, 3.8) is 0 Å². The van der Waals surface area contributed by atoms with Crippen molar-refractivity contribution in [2.45, 2.75) is 61.7 Å². The normalized spacial score (nSPS) is 20.6. The van der Waals surface area contributed by atoms with Crippen LogP contribution >= 0.6 is 0 Å². The maximum Gasteiger partial charge on any atom is 0.416 e. The van der Waals surface area contributed by atoms with Gasteiger partial charge >= 0.3 is 6.18 Å². The van der Waals surface area contributed by atoms with Crippen LogP contribution in [0.25, 0.3) is 0 Å². The predicted molar refractivity (Wildman–Crippen MR) is 128 cm³/mol. The molecule has 2 fully saturated rings. The predicted octanol–water partition coefficient (Wildman–Crippen LogP) is 3.55. The van der Waals surface area contributed by atoms with Gasteiger partial charge in [-0.1, -0.05) is 18.2 Å². The van der Waals surface area contributed by atoms with Gasteiger partial charge in [-0.05, 0) is 56.0 Å². The lowest BCUT2D eigenvalue weighted by Crippen LogP contribution is -2.42. The molecule has 0 saturated carbocycles. The molecule has 9 nitrogen and oxygen atoms in total. The minimum atomic E-state index is -4.44. The molecule has 0 aliphatic carbocycles. The highest BCUT2D eigenvalue weighted by Crippen LogP contribution is 2.32. The number of nitrogens with one attached hydrogen (secondary N) is 1. The first-order valence-electron chi connectivity index (χ1n) is 12.2. The molecule has 2 N–H and O–H groups in total. The van der Waals surface area contributed by atoms with Gasteiger partial charge in [0, 0.05) is 31.7 Å². The number of alkyl halides is 3. The molecule has 2 saturated heterocycles. The van der Waals surface area contributed by atoms with Gasteiger partial charge in [0.2, 0.25) is 10.0 Å². The van der Waals surface area contributed by atoms with Gasteiger partial charge in [0.25, 0.3) is 5.91 Å². The molecule has 2 atom stereocenters. The minimum absolute atomic E-state index is 0.0897. The van der Waals surface area contributed by atoms with E-state index in [1.54, 1.807) is 0 Å². The fraction of sp³-hybridized carbons (Fsp3) is 0.480. The third-order valence-corrected chi connectivity index (χ3v) is 8.37. The van der Waals surface area contributed by atoms with Crippen molar-refractivity contribution in [2.24, 2.45) is 0 Å². The maximum atomic E-state index is 13.4. The lowest BCUT2D eigenvalue weighted by molar-refractivity contribution is -0.203. The van der Waals surface area contributed by atoms with E-state index in [4.69, 9.17) is 14.3 Å². The first kappa shape index (κ1) is 28.3. The van der Waals surface area contributed by atoms with E-state index in [1.807, 2.05) is 0 Å². The Kier molecular flexibility index (Phi) is 8.93. The topological polar surface area (TPSA) is 114 Å². The molecule has 2 heterocycles. The summed E-state index contributed by atoms with van der Waals surface area (Å²) < 4.78 is 77.5. The smallest absolute Gasteiger partial charge is 0.416 e. The number of piperidine rings is 1. The molecule has 0 bridgehead atoms. The molecule has 38 heavy (non-hydrogen) atoms. The van der Waals surface area contributed by atoms with Crippen molar-refractivity contribution in [3.05, 3.63) is 59.7 Å². The summed E-state index contributed by atoms with van der Waals surface area (Å²) in [5.74, 6) is -0.662. The van der Waals surface area contributed by atoms with Crippen LogP contribution in [0, 0.1) is 0 Å². The Labute approximate surface area is 218 Å². The number of hydroxylamine groups is 1. The highest BCUT2D eigenvalue weighted by molar-refractivity contribution is 7.89. The summed E-state index contributed by atoms with van der Waals surface area (Å²) >= 11 is 0. The second kappa shape index (κ2) is 12.0. The average molecular weight is 559 g/mol. The number of carbonyl (C=O) groups excluding carboxylic acids is 1. The van der Waals surface area contributed by atoms with Crippen molar-refractivity contribution in [3.8, 4) is 5.75 Å². The van der Waals surface area contributed by atoms with Crippen LogP contribution in [0.2, 0.25) is 0 Å². The number of rotatable bonds is 8. The molecule has 0 spiro atoms. The number of aliphatic hydroxyl groups is 1.